The molecular formula is C15H20BrNO2. The van der Waals surface area contributed by atoms with E-state index in [9.17, 15) is 4.79 Å². The highest BCUT2D eigenvalue weighted by atomic mass is 79.9. The highest BCUT2D eigenvalue weighted by molar-refractivity contribution is 9.10. The van der Waals surface area contributed by atoms with Crippen molar-refractivity contribution >= 4 is 21.9 Å². The first kappa shape index (κ1) is 14.5. The summed E-state index contributed by atoms with van der Waals surface area (Å²) in [5.74, 6) is -0.138. The number of halogens is 1. The molecule has 0 aliphatic carbocycles. The van der Waals surface area contributed by atoms with Crippen LogP contribution in [-0.4, -0.2) is 29.1 Å². The Hall–Kier alpha value is -0.870. The number of nitrogens with zero attached hydrogens (tertiary/aromatic N) is 1. The first-order chi connectivity index (χ1) is 9.13. The Labute approximate surface area is 122 Å². The number of carboxylic acids is 1. The summed E-state index contributed by atoms with van der Waals surface area (Å²) in [5, 5.41) is 8.76. The van der Waals surface area contributed by atoms with Crippen LogP contribution in [0.4, 0.5) is 0 Å². The van der Waals surface area contributed by atoms with Crippen molar-refractivity contribution < 1.29 is 9.90 Å². The number of aliphatic carboxylic acids is 1. The van der Waals surface area contributed by atoms with Crippen molar-refractivity contribution in [3.05, 3.63) is 34.3 Å². The zero-order valence-electron chi connectivity index (χ0n) is 11.0. The largest absolute Gasteiger partial charge is 0.481 e. The molecule has 1 aromatic carbocycles. The van der Waals surface area contributed by atoms with Gasteiger partial charge in [-0.2, -0.15) is 0 Å². The van der Waals surface area contributed by atoms with Gasteiger partial charge in [-0.1, -0.05) is 28.1 Å². The minimum atomic E-state index is -0.677. The zero-order valence-corrected chi connectivity index (χ0v) is 12.6. The molecule has 0 radical (unpaired) electrons. The number of carboxylic acid groups (broad SMARTS) is 1. The molecule has 1 heterocycles. The van der Waals surface area contributed by atoms with Gasteiger partial charge < -0.3 is 5.11 Å². The van der Waals surface area contributed by atoms with Gasteiger partial charge in [0.1, 0.15) is 0 Å². The smallest absolute Gasteiger partial charge is 0.303 e. The number of benzene rings is 1. The summed E-state index contributed by atoms with van der Waals surface area (Å²) in [5.41, 5.74) is 1.31. The molecular weight excluding hydrogens is 306 g/mol. The fraction of sp³-hybridized carbons (Fsp3) is 0.533. The Balaban J connectivity index is 1.85. The lowest BCUT2D eigenvalue weighted by Gasteiger charge is -2.32. The third-order valence-electron chi connectivity index (χ3n) is 3.66. The molecule has 0 bridgehead atoms. The van der Waals surface area contributed by atoms with Crippen LogP contribution in [-0.2, 0) is 11.3 Å². The lowest BCUT2D eigenvalue weighted by atomic mass is 9.93. The van der Waals surface area contributed by atoms with Crippen molar-refractivity contribution in [1.29, 1.82) is 0 Å². The molecule has 1 aromatic rings. The van der Waals surface area contributed by atoms with Crippen molar-refractivity contribution in [2.45, 2.75) is 32.2 Å². The molecule has 19 heavy (non-hydrogen) atoms. The number of rotatable bonds is 5. The molecule has 1 N–H and O–H groups in total. The SMILES string of the molecule is O=C(O)CCC1CCCN(Cc2cccc(Br)c2)C1. The molecule has 2 rings (SSSR count). The monoisotopic (exact) mass is 325 g/mol. The Morgan fingerprint density at radius 2 is 2.32 bits per heavy atom. The summed E-state index contributed by atoms with van der Waals surface area (Å²) in [6.45, 7) is 3.11. The summed E-state index contributed by atoms with van der Waals surface area (Å²) in [6, 6.07) is 8.40. The normalized spacial score (nSPS) is 20.4. The highest BCUT2D eigenvalue weighted by Gasteiger charge is 2.20. The van der Waals surface area contributed by atoms with Gasteiger partial charge >= 0.3 is 5.97 Å². The summed E-state index contributed by atoms with van der Waals surface area (Å²) in [4.78, 5) is 13.1. The number of piperidine rings is 1. The Morgan fingerprint density at radius 3 is 3.05 bits per heavy atom. The predicted molar refractivity (Wildman–Crippen MR) is 79.0 cm³/mol. The summed E-state index contributed by atoms with van der Waals surface area (Å²) in [7, 11) is 0. The van der Waals surface area contributed by atoms with E-state index in [0.29, 0.717) is 12.3 Å². The third-order valence-corrected chi connectivity index (χ3v) is 4.16. The van der Waals surface area contributed by atoms with E-state index in [2.05, 4.69) is 39.0 Å². The Kier molecular flexibility index (Phi) is 5.40. The number of likely N-dealkylation sites (tertiary alicyclic amines) is 1. The van der Waals surface area contributed by atoms with Crippen LogP contribution < -0.4 is 0 Å². The third kappa shape index (κ3) is 4.96. The fourth-order valence-corrected chi connectivity index (χ4v) is 3.20. The van der Waals surface area contributed by atoms with E-state index in [1.807, 2.05) is 6.07 Å². The highest BCUT2D eigenvalue weighted by Crippen LogP contribution is 2.23. The van der Waals surface area contributed by atoms with Crippen molar-refractivity contribution in [3.63, 3.8) is 0 Å². The van der Waals surface area contributed by atoms with E-state index in [-0.39, 0.29) is 0 Å². The fourth-order valence-electron chi connectivity index (χ4n) is 2.75. The number of hydrogen-bond acceptors (Lipinski definition) is 2. The average Bonchev–Trinajstić information content (AvgIpc) is 2.37. The van der Waals surface area contributed by atoms with Gasteiger partial charge in [0.15, 0.2) is 0 Å². The molecule has 1 aliphatic rings. The molecule has 104 valence electrons. The molecule has 0 spiro atoms. The van der Waals surface area contributed by atoms with E-state index < -0.39 is 5.97 Å². The van der Waals surface area contributed by atoms with Crippen LogP contribution in [0.1, 0.15) is 31.2 Å². The van der Waals surface area contributed by atoms with E-state index >= 15 is 0 Å². The van der Waals surface area contributed by atoms with E-state index in [4.69, 9.17) is 5.11 Å². The molecule has 1 unspecified atom stereocenters. The van der Waals surface area contributed by atoms with Gasteiger partial charge in [0.25, 0.3) is 0 Å². The van der Waals surface area contributed by atoms with E-state index in [1.165, 1.54) is 18.4 Å². The van der Waals surface area contributed by atoms with Crippen LogP contribution in [0.15, 0.2) is 28.7 Å². The van der Waals surface area contributed by atoms with Crippen LogP contribution in [0, 0.1) is 5.92 Å². The van der Waals surface area contributed by atoms with Crippen molar-refractivity contribution in [2.24, 2.45) is 5.92 Å². The summed E-state index contributed by atoms with van der Waals surface area (Å²) >= 11 is 3.50. The Bertz CT molecular complexity index is 436. The molecule has 1 saturated heterocycles. The van der Waals surface area contributed by atoms with E-state index in [0.717, 1.165) is 30.5 Å². The van der Waals surface area contributed by atoms with Crippen LogP contribution in [0.5, 0.6) is 0 Å². The lowest BCUT2D eigenvalue weighted by molar-refractivity contribution is -0.137. The van der Waals surface area contributed by atoms with Gasteiger partial charge in [0, 0.05) is 24.0 Å². The van der Waals surface area contributed by atoms with Gasteiger partial charge in [-0.3, -0.25) is 9.69 Å². The standard InChI is InChI=1S/C15H20BrNO2/c16-14-5-1-3-13(9-14)11-17-8-2-4-12(10-17)6-7-15(18)19/h1,3,5,9,12H,2,4,6-8,10-11H2,(H,18,19). The molecule has 1 aliphatic heterocycles. The second-order valence-corrected chi connectivity index (χ2v) is 6.22. The van der Waals surface area contributed by atoms with Gasteiger partial charge in [0.05, 0.1) is 0 Å². The topological polar surface area (TPSA) is 40.5 Å². The van der Waals surface area contributed by atoms with Crippen LogP contribution in [0.3, 0.4) is 0 Å². The predicted octanol–water partition coefficient (Wildman–Crippen LogP) is 3.53. The average molecular weight is 326 g/mol. The molecule has 1 fully saturated rings. The van der Waals surface area contributed by atoms with Crippen LogP contribution in [0.2, 0.25) is 0 Å². The molecule has 3 nitrogen and oxygen atoms in total. The lowest BCUT2D eigenvalue weighted by Crippen LogP contribution is -2.35. The molecule has 0 amide bonds. The second kappa shape index (κ2) is 7.06. The van der Waals surface area contributed by atoms with Crippen LogP contribution in [0.25, 0.3) is 0 Å². The van der Waals surface area contributed by atoms with Crippen molar-refractivity contribution in [3.8, 4) is 0 Å². The maximum Gasteiger partial charge on any atom is 0.303 e. The molecule has 1 atom stereocenters. The number of carbonyl (C=O) groups is 1. The maximum absolute atomic E-state index is 10.6. The van der Waals surface area contributed by atoms with Gasteiger partial charge in [0.2, 0.25) is 0 Å². The van der Waals surface area contributed by atoms with Crippen molar-refractivity contribution in [2.75, 3.05) is 13.1 Å². The first-order valence-corrected chi connectivity index (χ1v) is 7.61. The van der Waals surface area contributed by atoms with Crippen molar-refractivity contribution in [1.82, 2.24) is 4.90 Å². The van der Waals surface area contributed by atoms with E-state index in [1.54, 1.807) is 0 Å². The summed E-state index contributed by atoms with van der Waals surface area (Å²) < 4.78 is 1.12. The molecule has 0 aromatic heterocycles. The first-order valence-electron chi connectivity index (χ1n) is 6.82. The van der Waals surface area contributed by atoms with Gasteiger partial charge in [-0.15, -0.1) is 0 Å². The number of hydrogen-bond donors (Lipinski definition) is 1. The quantitative estimate of drug-likeness (QED) is 0.900. The van der Waals surface area contributed by atoms with Gasteiger partial charge in [-0.25, -0.2) is 0 Å². The second-order valence-electron chi connectivity index (χ2n) is 5.31. The van der Waals surface area contributed by atoms with Crippen LogP contribution >= 0.6 is 15.9 Å². The maximum atomic E-state index is 10.6. The minimum Gasteiger partial charge on any atom is -0.481 e. The Morgan fingerprint density at radius 1 is 1.47 bits per heavy atom. The van der Waals surface area contributed by atoms with Gasteiger partial charge in [-0.05, 0) is 49.4 Å². The molecule has 4 heteroatoms. The summed E-state index contributed by atoms with van der Waals surface area (Å²) in [6.07, 6.45) is 3.46. The molecule has 0 saturated carbocycles. The minimum absolute atomic E-state index is 0.301. The zero-order chi connectivity index (χ0) is 13.7.